The Morgan fingerprint density at radius 2 is 1.49 bits per heavy atom. The van der Waals surface area contributed by atoms with E-state index in [0.717, 1.165) is 39.1 Å². The van der Waals surface area contributed by atoms with E-state index < -0.39 is 166 Å². The SMILES string of the molecule is CC[C@H](C)[C@@H]([C@@H](CC(=O)N1CCC[C@H]1[C@H](OC)[C@@H](C)C(=O)N[C@H](C)[C@@H](O)c1ccccc1)OC)N(C)C(=O)[C@@H](NC(=O)[C@H](C(C)C)N(C)C(=O)OCc1ccc(NC(=O)[C@H](CCCNC(N)=O)NC(=O)C2(C(=O)N(CC)OCCN3C(=O)C=CC3=O)COC2)cc1S(=O)(=O)O)C(C)C. The van der Waals surface area contributed by atoms with Gasteiger partial charge in [0, 0.05) is 71.4 Å². The van der Waals surface area contributed by atoms with Crippen molar-refractivity contribution in [2.45, 2.75) is 167 Å². The summed E-state index contributed by atoms with van der Waals surface area (Å²) in [6.45, 7) is 13.7. The summed E-state index contributed by atoms with van der Waals surface area (Å²) in [7, 11) is 0.637. The van der Waals surface area contributed by atoms with Crippen LogP contribution in [0.3, 0.4) is 0 Å². The van der Waals surface area contributed by atoms with Gasteiger partial charge in [-0.25, -0.2) is 14.7 Å². The van der Waals surface area contributed by atoms with E-state index in [2.05, 4.69) is 26.6 Å². The molecule has 3 aliphatic rings. The van der Waals surface area contributed by atoms with Crippen LogP contribution < -0.4 is 32.3 Å². The van der Waals surface area contributed by atoms with E-state index in [1.807, 2.05) is 19.9 Å². The number of rotatable bonds is 37. The third-order valence-corrected chi connectivity index (χ3v) is 19.1. The van der Waals surface area contributed by atoms with Crippen LogP contribution in [0.5, 0.6) is 0 Å². The number of likely N-dealkylation sites (tertiary alicyclic amines) is 1. The number of aliphatic hydroxyl groups is 1. The van der Waals surface area contributed by atoms with E-state index in [1.165, 1.54) is 32.2 Å². The molecule has 9 N–H and O–H groups in total. The van der Waals surface area contributed by atoms with Crippen LogP contribution in [0, 0.1) is 29.1 Å². The maximum Gasteiger partial charge on any atom is 0.410 e. The van der Waals surface area contributed by atoms with Crippen LogP contribution in [-0.4, -0.2) is 231 Å². The van der Waals surface area contributed by atoms with E-state index in [4.69, 9.17) is 29.5 Å². The summed E-state index contributed by atoms with van der Waals surface area (Å²) in [6, 6.07) is 5.55. The largest absolute Gasteiger partial charge is 0.444 e. The Balaban J connectivity index is 1.26. The van der Waals surface area contributed by atoms with Crippen molar-refractivity contribution in [1.29, 1.82) is 0 Å². The first kappa shape index (κ1) is 80.5. The molecule has 31 nitrogen and oxygen atoms in total. The molecule has 544 valence electrons. The van der Waals surface area contributed by atoms with E-state index >= 15 is 0 Å². The number of amides is 12. The Bertz CT molecular complexity index is 3280. The van der Waals surface area contributed by atoms with Crippen LogP contribution in [0.2, 0.25) is 0 Å². The van der Waals surface area contributed by atoms with Crippen molar-refractivity contribution < 1.29 is 94.6 Å². The lowest BCUT2D eigenvalue weighted by Crippen LogP contribution is -2.64. The molecule has 0 saturated carbocycles. The highest BCUT2D eigenvalue weighted by Crippen LogP contribution is 2.33. The van der Waals surface area contributed by atoms with Gasteiger partial charge in [0.25, 0.3) is 27.8 Å². The molecular weight excluding hydrogens is 1300 g/mol. The number of ether oxygens (including phenoxy) is 4. The fraction of sp³-hybridized carbons (Fsp3) is 0.621. The lowest BCUT2D eigenvalue weighted by Gasteiger charge is -2.41. The Kier molecular flexibility index (Phi) is 30.1. The minimum atomic E-state index is -5.15. The van der Waals surface area contributed by atoms with Crippen LogP contribution in [-0.2, 0) is 83.7 Å². The van der Waals surface area contributed by atoms with Gasteiger partial charge < -0.3 is 66.2 Å². The van der Waals surface area contributed by atoms with Gasteiger partial charge in [-0.15, -0.1) is 0 Å². The van der Waals surface area contributed by atoms with Gasteiger partial charge in [-0.1, -0.05) is 91.3 Å². The van der Waals surface area contributed by atoms with Crippen molar-refractivity contribution in [2.24, 2.45) is 34.8 Å². The topological polar surface area (TPSA) is 411 Å². The second-order valence-electron chi connectivity index (χ2n) is 25.6. The number of primary amides is 1. The first-order valence-electron chi connectivity index (χ1n) is 32.9. The number of nitrogens with one attached hydrogen (secondary N) is 5. The lowest BCUT2D eigenvalue weighted by atomic mass is 9.83. The number of carbonyl (C=O) groups excluding carboxylic acids is 11. The number of likely N-dealkylation sites (N-methyl/N-ethyl adjacent to an activating group) is 2. The number of nitrogens with zero attached hydrogens (tertiary/aromatic N) is 5. The summed E-state index contributed by atoms with van der Waals surface area (Å²) in [5.74, 6) is -7.91. The van der Waals surface area contributed by atoms with Gasteiger partial charge in [0.2, 0.25) is 35.4 Å². The highest BCUT2D eigenvalue weighted by Gasteiger charge is 2.56. The van der Waals surface area contributed by atoms with Crippen molar-refractivity contribution in [2.75, 3.05) is 79.6 Å². The molecule has 0 bridgehead atoms. The van der Waals surface area contributed by atoms with Crippen LogP contribution >= 0.6 is 0 Å². The summed E-state index contributed by atoms with van der Waals surface area (Å²) < 4.78 is 59.2. The second-order valence-corrected chi connectivity index (χ2v) is 27.0. The molecule has 0 spiro atoms. The van der Waals surface area contributed by atoms with Crippen LogP contribution in [0.25, 0.3) is 0 Å². The molecule has 12 amide bonds. The fourth-order valence-corrected chi connectivity index (χ4v) is 13.1. The number of hydrogen-bond donors (Lipinski definition) is 8. The normalized spacial score (nSPS) is 18.2. The summed E-state index contributed by atoms with van der Waals surface area (Å²) >= 11 is 0. The Hall–Kier alpha value is -8.14. The number of aliphatic hydroxyl groups excluding tert-OH is 1. The van der Waals surface area contributed by atoms with E-state index in [1.54, 1.807) is 84.7 Å². The van der Waals surface area contributed by atoms with Crippen molar-refractivity contribution in [3.8, 4) is 0 Å². The molecule has 2 fully saturated rings. The van der Waals surface area contributed by atoms with Gasteiger partial charge in [0.1, 0.15) is 29.6 Å². The first-order valence-corrected chi connectivity index (χ1v) is 34.3. The molecule has 11 atom stereocenters. The van der Waals surface area contributed by atoms with Gasteiger partial charge in [-0.2, -0.15) is 8.42 Å². The standard InChI is InChI=1S/C66H99N11O20S/c1-14-40(7)55(48(93-12)34-52(80)75-30-20-24-47(75)57(94-13)41(8)58(82)69-42(9)56(81)43-21-17-16-18-22-43)73(10)61(85)53(38(3)4)72-60(84)54(39(5)6)74(11)65(89)96-35-44-25-26-45(33-49(44)98(90,91)92)70-59(83)46(23-19-29-68-64(67)88)71-62(86)66(36-95-37-66)63(87)77(15-2)97-32-31-76-50(78)27-28-51(76)79/h16-18,21-22,25-28,33,38-42,46-48,53-57,81H,14-15,19-20,23-24,29-32,34-37H2,1-13H3,(H,69,82)(H,70,83)(H,71,86)(H,72,84)(H3,67,68,88)(H,90,91,92)/t40-,41+,42+,46-,47-,48+,53-,54-,55-,56+,57+/m0/s1. The Labute approximate surface area is 572 Å². The Morgan fingerprint density at radius 3 is 2.04 bits per heavy atom. The number of nitrogens with two attached hydrogens (primary N) is 1. The molecule has 0 unspecified atom stereocenters. The monoisotopic (exact) mass is 1400 g/mol. The number of methoxy groups -OCH3 is 2. The van der Waals surface area contributed by atoms with Gasteiger partial charge in [0.15, 0.2) is 5.41 Å². The molecular formula is C66H99N11O20S. The van der Waals surface area contributed by atoms with Crippen molar-refractivity contribution in [1.82, 2.24) is 45.9 Å². The fourth-order valence-electron chi connectivity index (χ4n) is 12.3. The molecule has 3 aliphatic heterocycles. The molecule has 32 heteroatoms. The Morgan fingerprint density at radius 1 is 0.837 bits per heavy atom. The zero-order chi connectivity index (χ0) is 73.1. The minimum Gasteiger partial charge on any atom is -0.444 e. The molecule has 3 heterocycles. The zero-order valence-corrected chi connectivity index (χ0v) is 59.0. The summed E-state index contributed by atoms with van der Waals surface area (Å²) in [6.07, 6.45) is 0.00169. The van der Waals surface area contributed by atoms with Crippen LogP contribution in [0.15, 0.2) is 65.6 Å². The second kappa shape index (κ2) is 36.6. The maximum atomic E-state index is 14.9. The van der Waals surface area contributed by atoms with Crippen molar-refractivity contribution >= 4 is 81.1 Å². The molecule has 98 heavy (non-hydrogen) atoms. The van der Waals surface area contributed by atoms with Gasteiger partial charge in [0.05, 0.1) is 75.1 Å². The molecule has 5 rings (SSSR count). The molecule has 0 radical (unpaired) electrons. The number of hydroxylamine groups is 2. The van der Waals surface area contributed by atoms with Gasteiger partial charge >= 0.3 is 12.1 Å². The predicted octanol–water partition coefficient (Wildman–Crippen LogP) is 2.42. The van der Waals surface area contributed by atoms with E-state index in [-0.39, 0.29) is 74.5 Å². The average Bonchev–Trinajstić information content (AvgIpc) is 0.929. The number of anilines is 1. The molecule has 2 aromatic carbocycles. The lowest BCUT2D eigenvalue weighted by molar-refractivity contribution is -0.217. The third-order valence-electron chi connectivity index (χ3n) is 18.2. The number of imide groups is 1. The predicted molar refractivity (Wildman–Crippen MR) is 355 cm³/mol. The number of benzene rings is 2. The molecule has 2 saturated heterocycles. The van der Waals surface area contributed by atoms with Crippen molar-refractivity contribution in [3.63, 3.8) is 0 Å². The zero-order valence-electron chi connectivity index (χ0n) is 58.1. The molecule has 0 aromatic heterocycles. The smallest absolute Gasteiger partial charge is 0.410 e. The number of hydrogen-bond acceptors (Lipinski definition) is 19. The van der Waals surface area contributed by atoms with Crippen LogP contribution in [0.4, 0.5) is 15.3 Å². The third kappa shape index (κ3) is 20.5. The summed E-state index contributed by atoms with van der Waals surface area (Å²) in [5.41, 5.74) is 3.45. The van der Waals surface area contributed by atoms with Gasteiger partial charge in [-0.05, 0) is 75.0 Å². The quantitative estimate of drug-likeness (QED) is 0.0158. The maximum absolute atomic E-state index is 14.9. The number of urea groups is 1. The average molecular weight is 1400 g/mol. The van der Waals surface area contributed by atoms with Crippen molar-refractivity contribution in [3.05, 3.63) is 71.8 Å². The van der Waals surface area contributed by atoms with Gasteiger partial charge in [-0.3, -0.25) is 62.3 Å². The van der Waals surface area contributed by atoms with Crippen LogP contribution in [0.1, 0.15) is 118 Å². The van der Waals surface area contributed by atoms with E-state index in [9.17, 15) is 70.8 Å². The molecule has 2 aromatic rings. The highest BCUT2D eigenvalue weighted by molar-refractivity contribution is 7.85. The summed E-state index contributed by atoms with van der Waals surface area (Å²) in [4.78, 5) is 159. The minimum absolute atomic E-state index is 0.0425. The number of carbonyl (C=O) groups is 11. The first-order chi connectivity index (χ1) is 46.2. The highest BCUT2D eigenvalue weighted by atomic mass is 32.2. The summed E-state index contributed by atoms with van der Waals surface area (Å²) in [5, 5.41) is 25.0. The molecule has 0 aliphatic carbocycles. The van der Waals surface area contributed by atoms with E-state index in [0.29, 0.717) is 31.4 Å².